The molecule has 2 saturated carbocycles. The molecule has 4 rings (SSSR count). The molecule has 0 amide bonds. The summed E-state index contributed by atoms with van der Waals surface area (Å²) >= 11 is 0. The quantitative estimate of drug-likeness (QED) is 0.642. The van der Waals surface area contributed by atoms with Gasteiger partial charge in [0, 0.05) is 18.3 Å². The molecule has 0 unspecified atom stereocenters. The largest absolute Gasteiger partial charge is 0.458 e. The summed E-state index contributed by atoms with van der Waals surface area (Å²) in [5.74, 6) is -0.696. The number of Topliss-reactive ketones (excluding diaryl/α,β-unsaturated/α-hetero) is 1. The summed E-state index contributed by atoms with van der Waals surface area (Å²) < 4.78 is 17.9. The molecule has 2 aliphatic heterocycles. The average Bonchev–Trinajstić information content (AvgIpc) is 2.81. The van der Waals surface area contributed by atoms with Gasteiger partial charge in [-0.25, -0.2) is 0 Å². The molecule has 1 spiro atoms. The Morgan fingerprint density at radius 3 is 2.50 bits per heavy atom. The number of ether oxygens (including phenoxy) is 3. The second-order valence-electron chi connectivity index (χ2n) is 8.23. The SMILES string of the molecule is C[C@@H]1CC(=O)[C@H]2C[C@@H]3OC(C)(C)O[C@@H]3C[C@@]23OC(=O)C[C@@]13C. The van der Waals surface area contributed by atoms with Gasteiger partial charge in [-0.2, -0.15) is 0 Å². The maximum Gasteiger partial charge on any atom is 0.307 e. The van der Waals surface area contributed by atoms with Gasteiger partial charge in [-0.3, -0.25) is 9.59 Å². The van der Waals surface area contributed by atoms with E-state index in [1.165, 1.54) is 0 Å². The summed E-state index contributed by atoms with van der Waals surface area (Å²) in [4.78, 5) is 24.8. The lowest BCUT2D eigenvalue weighted by Crippen LogP contribution is -2.64. The van der Waals surface area contributed by atoms with Gasteiger partial charge in [0.05, 0.1) is 24.5 Å². The molecule has 4 aliphatic rings. The van der Waals surface area contributed by atoms with Crippen molar-refractivity contribution in [1.82, 2.24) is 0 Å². The van der Waals surface area contributed by atoms with Gasteiger partial charge in [-0.15, -0.1) is 0 Å². The molecule has 0 aromatic rings. The second-order valence-corrected chi connectivity index (χ2v) is 8.23. The highest BCUT2D eigenvalue weighted by molar-refractivity contribution is 5.87. The predicted octanol–water partition coefficient (Wildman–Crippen LogP) is 2.22. The van der Waals surface area contributed by atoms with Crippen LogP contribution in [0.1, 0.15) is 53.4 Å². The van der Waals surface area contributed by atoms with Crippen LogP contribution in [0.5, 0.6) is 0 Å². The normalized spacial score (nSPS) is 52.7. The summed E-state index contributed by atoms with van der Waals surface area (Å²) in [5, 5.41) is 0. The lowest BCUT2D eigenvalue weighted by molar-refractivity contribution is -0.196. The van der Waals surface area contributed by atoms with Gasteiger partial charge in [0.25, 0.3) is 0 Å². The topological polar surface area (TPSA) is 61.8 Å². The second kappa shape index (κ2) is 4.12. The Balaban J connectivity index is 1.78. The fourth-order valence-corrected chi connectivity index (χ4v) is 5.35. The van der Waals surface area contributed by atoms with Crippen molar-refractivity contribution >= 4 is 11.8 Å². The van der Waals surface area contributed by atoms with Crippen LogP contribution in [0.4, 0.5) is 0 Å². The third kappa shape index (κ3) is 1.67. The zero-order chi connectivity index (χ0) is 15.9. The minimum Gasteiger partial charge on any atom is -0.458 e. The summed E-state index contributed by atoms with van der Waals surface area (Å²) in [7, 11) is 0. The fourth-order valence-electron chi connectivity index (χ4n) is 5.35. The van der Waals surface area contributed by atoms with Crippen molar-refractivity contribution in [3.8, 4) is 0 Å². The molecule has 0 radical (unpaired) electrons. The van der Waals surface area contributed by atoms with E-state index in [0.29, 0.717) is 25.7 Å². The van der Waals surface area contributed by atoms with Crippen LogP contribution in [-0.2, 0) is 23.8 Å². The van der Waals surface area contributed by atoms with Gasteiger partial charge in [0.2, 0.25) is 0 Å². The van der Waals surface area contributed by atoms with Crippen molar-refractivity contribution in [1.29, 1.82) is 0 Å². The molecule has 4 fully saturated rings. The summed E-state index contributed by atoms with van der Waals surface area (Å²) in [6.07, 6.45) is 1.93. The number of fused-ring (bicyclic) bond motifs is 1. The third-order valence-electron chi connectivity index (χ3n) is 6.58. The van der Waals surface area contributed by atoms with Crippen LogP contribution in [0.25, 0.3) is 0 Å². The molecular formula is C17H24O5. The minimum atomic E-state index is -0.705. The first kappa shape index (κ1) is 14.6. The Morgan fingerprint density at radius 1 is 1.09 bits per heavy atom. The highest BCUT2D eigenvalue weighted by Gasteiger charge is 2.71. The Bertz CT molecular complexity index is 555. The van der Waals surface area contributed by atoms with Crippen LogP contribution in [-0.4, -0.2) is 35.3 Å². The third-order valence-corrected chi connectivity index (χ3v) is 6.58. The standard InChI is InChI=1S/C17H24O5/c1-9-5-11(18)10-6-12-13(21-15(2,3)20-12)7-17(10)16(9,4)8-14(19)22-17/h9-10,12-13H,5-8H2,1-4H3/t9-,10-,12+,13-,16+,17-/m1/s1. The summed E-state index contributed by atoms with van der Waals surface area (Å²) in [6.45, 7) is 7.98. The summed E-state index contributed by atoms with van der Waals surface area (Å²) in [5.41, 5.74) is -0.993. The lowest BCUT2D eigenvalue weighted by atomic mass is 9.50. The zero-order valence-corrected chi connectivity index (χ0v) is 13.7. The van der Waals surface area contributed by atoms with Crippen molar-refractivity contribution in [3.05, 3.63) is 0 Å². The van der Waals surface area contributed by atoms with Crippen molar-refractivity contribution in [2.24, 2.45) is 17.3 Å². The van der Waals surface area contributed by atoms with Gasteiger partial charge in [0.1, 0.15) is 11.4 Å². The Kier molecular flexibility index (Phi) is 2.74. The molecule has 2 heterocycles. The number of esters is 1. The number of carbonyl (C=O) groups excluding carboxylic acids is 2. The molecule has 0 bridgehead atoms. The molecular weight excluding hydrogens is 284 g/mol. The minimum absolute atomic E-state index is 0.0773. The molecule has 0 aromatic heterocycles. The van der Waals surface area contributed by atoms with Gasteiger partial charge in [-0.1, -0.05) is 13.8 Å². The van der Waals surface area contributed by atoms with E-state index in [9.17, 15) is 9.59 Å². The Hall–Kier alpha value is -0.940. The van der Waals surface area contributed by atoms with E-state index in [2.05, 4.69) is 13.8 Å². The molecule has 5 heteroatoms. The smallest absolute Gasteiger partial charge is 0.307 e. The Labute approximate surface area is 130 Å². The molecule has 5 nitrogen and oxygen atoms in total. The van der Waals surface area contributed by atoms with Crippen molar-refractivity contribution in [3.63, 3.8) is 0 Å². The molecule has 122 valence electrons. The van der Waals surface area contributed by atoms with E-state index in [0.717, 1.165) is 0 Å². The molecule has 22 heavy (non-hydrogen) atoms. The number of ketones is 1. The van der Waals surface area contributed by atoms with E-state index in [1.54, 1.807) is 0 Å². The Morgan fingerprint density at radius 2 is 1.77 bits per heavy atom. The van der Waals surface area contributed by atoms with E-state index >= 15 is 0 Å². The highest BCUT2D eigenvalue weighted by atomic mass is 16.8. The average molecular weight is 308 g/mol. The van der Waals surface area contributed by atoms with E-state index in [4.69, 9.17) is 14.2 Å². The number of hydrogen-bond donors (Lipinski definition) is 0. The molecule has 0 aromatic carbocycles. The van der Waals surface area contributed by atoms with Gasteiger partial charge >= 0.3 is 5.97 Å². The first-order chi connectivity index (χ1) is 10.2. The van der Waals surface area contributed by atoms with Gasteiger partial charge < -0.3 is 14.2 Å². The fraction of sp³-hybridized carbons (Fsp3) is 0.882. The van der Waals surface area contributed by atoms with Crippen molar-refractivity contribution in [2.45, 2.75) is 77.0 Å². The zero-order valence-electron chi connectivity index (χ0n) is 13.7. The first-order valence-corrected chi connectivity index (χ1v) is 8.27. The van der Waals surface area contributed by atoms with E-state index < -0.39 is 11.4 Å². The monoisotopic (exact) mass is 308 g/mol. The van der Waals surface area contributed by atoms with Crippen LogP contribution in [0.3, 0.4) is 0 Å². The van der Waals surface area contributed by atoms with Crippen molar-refractivity contribution < 1.29 is 23.8 Å². The van der Waals surface area contributed by atoms with E-state index in [-0.39, 0.29) is 41.2 Å². The number of rotatable bonds is 0. The highest BCUT2D eigenvalue weighted by Crippen LogP contribution is 2.63. The maximum atomic E-state index is 12.7. The van der Waals surface area contributed by atoms with Crippen LogP contribution < -0.4 is 0 Å². The number of carbonyl (C=O) groups is 2. The van der Waals surface area contributed by atoms with Crippen molar-refractivity contribution in [2.75, 3.05) is 0 Å². The maximum absolute atomic E-state index is 12.7. The van der Waals surface area contributed by atoms with Crippen LogP contribution in [0.15, 0.2) is 0 Å². The predicted molar refractivity (Wildman–Crippen MR) is 76.9 cm³/mol. The van der Waals surface area contributed by atoms with Crippen LogP contribution >= 0.6 is 0 Å². The van der Waals surface area contributed by atoms with Crippen LogP contribution in [0, 0.1) is 17.3 Å². The van der Waals surface area contributed by atoms with Crippen LogP contribution in [0.2, 0.25) is 0 Å². The van der Waals surface area contributed by atoms with Gasteiger partial charge in [-0.05, 0) is 26.2 Å². The number of hydrogen-bond acceptors (Lipinski definition) is 5. The lowest BCUT2D eigenvalue weighted by Gasteiger charge is -2.55. The summed E-state index contributed by atoms with van der Waals surface area (Å²) in [6, 6.07) is 0. The first-order valence-electron chi connectivity index (χ1n) is 8.27. The molecule has 2 aliphatic carbocycles. The molecule has 0 N–H and O–H groups in total. The van der Waals surface area contributed by atoms with Gasteiger partial charge in [0.15, 0.2) is 5.79 Å². The molecule has 6 atom stereocenters. The van der Waals surface area contributed by atoms with E-state index in [1.807, 2.05) is 13.8 Å². The molecule has 2 saturated heterocycles.